The van der Waals surface area contributed by atoms with E-state index in [1.54, 1.807) is 0 Å². The Labute approximate surface area is 102 Å². The number of benzene rings is 1. The van der Waals surface area contributed by atoms with Crippen molar-refractivity contribution in [3.8, 4) is 11.4 Å². The van der Waals surface area contributed by atoms with E-state index < -0.39 is 0 Å². The third-order valence-corrected chi connectivity index (χ3v) is 3.11. The lowest BCUT2D eigenvalue weighted by Crippen LogP contribution is -2.07. The van der Waals surface area contributed by atoms with Gasteiger partial charge in [0, 0.05) is 30.9 Å². The third kappa shape index (κ3) is 2.24. The van der Waals surface area contributed by atoms with Gasteiger partial charge in [-0.05, 0) is 26.0 Å². The summed E-state index contributed by atoms with van der Waals surface area (Å²) >= 11 is 0. The second-order valence-corrected chi connectivity index (χ2v) is 4.49. The zero-order chi connectivity index (χ0) is 12.4. The van der Waals surface area contributed by atoms with Gasteiger partial charge in [0.1, 0.15) is 5.82 Å². The molecule has 1 aromatic heterocycles. The molecule has 1 heterocycles. The summed E-state index contributed by atoms with van der Waals surface area (Å²) in [5.74, 6) is 1.02. The number of aromatic nitrogens is 2. The molecule has 17 heavy (non-hydrogen) atoms. The van der Waals surface area contributed by atoms with Crippen molar-refractivity contribution in [1.29, 1.82) is 0 Å². The molecular weight excluding hydrogens is 210 g/mol. The smallest absolute Gasteiger partial charge is 0.140 e. The predicted octanol–water partition coefficient (Wildman–Crippen LogP) is 2.21. The molecule has 0 bridgehead atoms. The van der Waals surface area contributed by atoms with Gasteiger partial charge in [0.25, 0.3) is 0 Å². The second kappa shape index (κ2) is 4.72. The van der Waals surface area contributed by atoms with Gasteiger partial charge in [-0.2, -0.15) is 0 Å². The van der Waals surface area contributed by atoms with Crippen LogP contribution < -0.4 is 5.73 Å². The highest BCUT2D eigenvalue weighted by Crippen LogP contribution is 2.23. The van der Waals surface area contributed by atoms with Crippen molar-refractivity contribution in [1.82, 2.24) is 9.55 Å². The zero-order valence-electron chi connectivity index (χ0n) is 10.7. The van der Waals surface area contributed by atoms with Crippen molar-refractivity contribution in [3.63, 3.8) is 0 Å². The third-order valence-electron chi connectivity index (χ3n) is 3.11. The van der Waals surface area contributed by atoms with Gasteiger partial charge in [-0.25, -0.2) is 4.98 Å². The van der Waals surface area contributed by atoms with E-state index in [4.69, 9.17) is 5.73 Å². The van der Waals surface area contributed by atoms with Gasteiger partial charge in [0.15, 0.2) is 0 Å². The van der Waals surface area contributed by atoms with Gasteiger partial charge in [0.05, 0.1) is 0 Å². The Kier molecular flexibility index (Phi) is 3.29. The van der Waals surface area contributed by atoms with Crippen molar-refractivity contribution in [2.24, 2.45) is 12.8 Å². The van der Waals surface area contributed by atoms with E-state index in [1.807, 2.05) is 13.2 Å². The molecule has 3 heteroatoms. The SMILES string of the molecule is Cc1ccc(-c2ncc(CCN)n2C)c(C)c1. The summed E-state index contributed by atoms with van der Waals surface area (Å²) in [4.78, 5) is 4.50. The van der Waals surface area contributed by atoms with Crippen LogP contribution >= 0.6 is 0 Å². The van der Waals surface area contributed by atoms with Crippen LogP contribution in [0.15, 0.2) is 24.4 Å². The van der Waals surface area contributed by atoms with E-state index >= 15 is 0 Å². The average molecular weight is 229 g/mol. The van der Waals surface area contributed by atoms with Crippen LogP contribution in [-0.4, -0.2) is 16.1 Å². The standard InChI is InChI=1S/C14H19N3/c1-10-4-5-13(11(2)8-10)14-16-9-12(6-7-15)17(14)3/h4-5,8-9H,6-7,15H2,1-3H3. The van der Waals surface area contributed by atoms with Crippen LogP contribution in [0.4, 0.5) is 0 Å². The van der Waals surface area contributed by atoms with Crippen LogP contribution in [0, 0.1) is 13.8 Å². The van der Waals surface area contributed by atoms with E-state index in [1.165, 1.54) is 22.4 Å². The van der Waals surface area contributed by atoms with Crippen LogP contribution in [0.25, 0.3) is 11.4 Å². The molecule has 0 atom stereocenters. The van der Waals surface area contributed by atoms with E-state index in [2.05, 4.69) is 41.6 Å². The number of hydrogen-bond donors (Lipinski definition) is 1. The number of imidazole rings is 1. The summed E-state index contributed by atoms with van der Waals surface area (Å²) in [5.41, 5.74) is 10.5. The Morgan fingerprint density at radius 3 is 2.71 bits per heavy atom. The quantitative estimate of drug-likeness (QED) is 0.877. The summed E-state index contributed by atoms with van der Waals surface area (Å²) in [6.07, 6.45) is 2.79. The lowest BCUT2D eigenvalue weighted by molar-refractivity contribution is 0.810. The molecule has 0 saturated heterocycles. The lowest BCUT2D eigenvalue weighted by Gasteiger charge is -2.08. The fraction of sp³-hybridized carbons (Fsp3) is 0.357. The molecule has 0 aliphatic carbocycles. The van der Waals surface area contributed by atoms with Gasteiger partial charge >= 0.3 is 0 Å². The Bertz CT molecular complexity index is 526. The minimum absolute atomic E-state index is 0.659. The monoisotopic (exact) mass is 229 g/mol. The van der Waals surface area contributed by atoms with Crippen molar-refractivity contribution in [2.75, 3.05) is 6.54 Å². The highest BCUT2D eigenvalue weighted by Gasteiger charge is 2.10. The first-order valence-corrected chi connectivity index (χ1v) is 5.91. The molecule has 0 aliphatic heterocycles. The normalized spacial score (nSPS) is 10.8. The van der Waals surface area contributed by atoms with Crippen molar-refractivity contribution in [3.05, 3.63) is 41.2 Å². The lowest BCUT2D eigenvalue weighted by atomic mass is 10.1. The summed E-state index contributed by atoms with van der Waals surface area (Å²) in [5, 5.41) is 0. The van der Waals surface area contributed by atoms with E-state index in [-0.39, 0.29) is 0 Å². The highest BCUT2D eigenvalue weighted by molar-refractivity contribution is 5.61. The molecule has 0 spiro atoms. The summed E-state index contributed by atoms with van der Waals surface area (Å²) in [7, 11) is 2.05. The van der Waals surface area contributed by atoms with Crippen molar-refractivity contribution in [2.45, 2.75) is 20.3 Å². The van der Waals surface area contributed by atoms with Gasteiger partial charge < -0.3 is 10.3 Å². The first-order chi connectivity index (χ1) is 8.13. The van der Waals surface area contributed by atoms with Crippen LogP contribution in [0.1, 0.15) is 16.8 Å². The van der Waals surface area contributed by atoms with Crippen LogP contribution in [0.5, 0.6) is 0 Å². The summed E-state index contributed by atoms with van der Waals surface area (Å²) < 4.78 is 2.13. The molecule has 2 N–H and O–H groups in total. The van der Waals surface area contributed by atoms with Gasteiger partial charge in [-0.15, -0.1) is 0 Å². The van der Waals surface area contributed by atoms with E-state index in [9.17, 15) is 0 Å². The number of nitrogens with zero attached hydrogens (tertiary/aromatic N) is 2. The average Bonchev–Trinajstić information content (AvgIpc) is 2.62. The van der Waals surface area contributed by atoms with E-state index in [0.717, 1.165) is 12.2 Å². The molecule has 0 saturated carbocycles. The molecule has 3 nitrogen and oxygen atoms in total. The van der Waals surface area contributed by atoms with Crippen molar-refractivity contribution < 1.29 is 0 Å². The fourth-order valence-electron chi connectivity index (χ4n) is 2.14. The fourth-order valence-corrected chi connectivity index (χ4v) is 2.14. The maximum Gasteiger partial charge on any atom is 0.140 e. The first-order valence-electron chi connectivity index (χ1n) is 5.91. The molecule has 0 fully saturated rings. The topological polar surface area (TPSA) is 43.8 Å². The Morgan fingerprint density at radius 1 is 1.29 bits per heavy atom. The Hall–Kier alpha value is -1.61. The molecule has 2 aromatic rings. The maximum absolute atomic E-state index is 5.59. The van der Waals surface area contributed by atoms with Crippen LogP contribution in [0.2, 0.25) is 0 Å². The number of rotatable bonds is 3. The van der Waals surface area contributed by atoms with Crippen LogP contribution in [-0.2, 0) is 13.5 Å². The minimum atomic E-state index is 0.659. The largest absolute Gasteiger partial charge is 0.331 e. The second-order valence-electron chi connectivity index (χ2n) is 4.49. The Morgan fingerprint density at radius 2 is 2.06 bits per heavy atom. The van der Waals surface area contributed by atoms with Gasteiger partial charge in [-0.3, -0.25) is 0 Å². The molecule has 1 aromatic carbocycles. The van der Waals surface area contributed by atoms with Crippen molar-refractivity contribution >= 4 is 0 Å². The molecule has 0 amide bonds. The molecule has 0 unspecified atom stereocenters. The molecule has 2 rings (SSSR count). The Balaban J connectivity index is 2.46. The van der Waals surface area contributed by atoms with Gasteiger partial charge in [-0.1, -0.05) is 23.8 Å². The summed E-state index contributed by atoms with van der Waals surface area (Å²) in [6, 6.07) is 6.45. The highest BCUT2D eigenvalue weighted by atomic mass is 15.1. The molecule has 0 aliphatic rings. The number of nitrogens with two attached hydrogens (primary N) is 1. The predicted molar refractivity (Wildman–Crippen MR) is 70.9 cm³/mol. The molecule has 0 radical (unpaired) electrons. The summed E-state index contributed by atoms with van der Waals surface area (Å²) in [6.45, 7) is 4.89. The van der Waals surface area contributed by atoms with E-state index in [0.29, 0.717) is 6.54 Å². The first kappa shape index (κ1) is 11.9. The molecular formula is C14H19N3. The number of aryl methyl sites for hydroxylation is 2. The van der Waals surface area contributed by atoms with Crippen LogP contribution in [0.3, 0.4) is 0 Å². The molecule has 90 valence electrons. The zero-order valence-corrected chi connectivity index (χ0v) is 10.7. The number of hydrogen-bond acceptors (Lipinski definition) is 2. The van der Waals surface area contributed by atoms with Gasteiger partial charge in [0.2, 0.25) is 0 Å². The maximum atomic E-state index is 5.59. The minimum Gasteiger partial charge on any atom is -0.331 e.